The number of rotatable bonds is 40. The molecule has 0 atom stereocenters. The van der Waals surface area contributed by atoms with Gasteiger partial charge >= 0.3 is 8.17 Å². The van der Waals surface area contributed by atoms with E-state index >= 15 is 0 Å². The number of phosphoric acid groups is 1. The lowest BCUT2D eigenvalue weighted by atomic mass is 9.99. The molecule has 0 amide bonds. The van der Waals surface area contributed by atoms with Gasteiger partial charge in [-0.25, -0.2) is 9.97 Å². The zero-order valence-corrected chi connectivity index (χ0v) is 39.8. The molecule has 7 heteroatoms. The van der Waals surface area contributed by atoms with Gasteiger partial charge in [0.05, 0.1) is 13.2 Å². The Hall–Kier alpha value is -2.89. The van der Waals surface area contributed by atoms with Crippen molar-refractivity contribution in [1.82, 2.24) is 0 Å². The Morgan fingerprint density at radius 3 is 1.11 bits per heavy atom. The smallest absolute Gasteiger partial charge is 0.429 e. The SMILES string of the molecule is CCCCCCCC/C=C\CCCCCCCCO[P+]([O-])(OCCCCCCCC/C=C\CCCCCCCC)Oc1cc(Cc2cc[nH+]cc2)cc(Cc2cc[nH+]cc2)c1. The minimum atomic E-state index is -3.85. The van der Waals surface area contributed by atoms with E-state index in [9.17, 15) is 4.89 Å². The van der Waals surface area contributed by atoms with Gasteiger partial charge in [0.1, 0.15) is 0 Å². The first-order valence-electron chi connectivity index (χ1n) is 25.0. The molecular weight excluding hydrogens is 772 g/mol. The Kier molecular flexibility index (Phi) is 31.5. The van der Waals surface area contributed by atoms with E-state index in [0.29, 0.717) is 19.0 Å². The van der Waals surface area contributed by atoms with Gasteiger partial charge in [-0.15, -0.1) is 0 Å². The van der Waals surface area contributed by atoms with E-state index < -0.39 is 8.17 Å². The van der Waals surface area contributed by atoms with Gasteiger partial charge in [-0.1, -0.05) is 160 Å². The van der Waals surface area contributed by atoms with Gasteiger partial charge in [0.25, 0.3) is 0 Å². The summed E-state index contributed by atoms with van der Waals surface area (Å²) in [7, 11) is -3.85. The Morgan fingerprint density at radius 1 is 0.426 bits per heavy atom. The molecule has 2 heterocycles. The predicted molar refractivity (Wildman–Crippen MR) is 256 cm³/mol. The van der Waals surface area contributed by atoms with E-state index in [0.717, 1.165) is 62.5 Å². The Balaban J connectivity index is 1.45. The molecule has 6 nitrogen and oxygen atoms in total. The van der Waals surface area contributed by atoms with Crippen LogP contribution in [0.25, 0.3) is 0 Å². The van der Waals surface area contributed by atoms with Crippen LogP contribution in [0.1, 0.15) is 216 Å². The molecular formula is C54H87N2O4P+2. The zero-order chi connectivity index (χ0) is 43.2. The quantitative estimate of drug-likeness (QED) is 0.0324. The second kappa shape index (κ2) is 36.6. The fourth-order valence-corrected chi connectivity index (χ4v) is 9.06. The number of aromatic nitrogens is 2. The minimum absolute atomic E-state index is 0.361. The van der Waals surface area contributed by atoms with Crippen LogP contribution in [0.4, 0.5) is 0 Å². The molecule has 0 saturated heterocycles. The maximum Gasteiger partial charge on any atom is 0.429 e. The summed E-state index contributed by atoms with van der Waals surface area (Å²) in [6, 6.07) is 14.5. The molecule has 3 rings (SSSR count). The van der Waals surface area contributed by atoms with Crippen LogP contribution in [-0.4, -0.2) is 13.2 Å². The van der Waals surface area contributed by atoms with E-state index in [-0.39, 0.29) is 0 Å². The number of nitrogens with one attached hydrogen (secondary N) is 2. The number of allylic oxidation sites excluding steroid dienone is 4. The third kappa shape index (κ3) is 28.4. The van der Waals surface area contributed by atoms with Crippen molar-refractivity contribution in [2.24, 2.45) is 0 Å². The van der Waals surface area contributed by atoms with Crippen molar-refractivity contribution in [1.29, 1.82) is 0 Å². The van der Waals surface area contributed by atoms with Gasteiger partial charge in [-0.2, -0.15) is 9.05 Å². The summed E-state index contributed by atoms with van der Waals surface area (Å²) < 4.78 is 18.5. The van der Waals surface area contributed by atoms with Gasteiger partial charge in [0.15, 0.2) is 30.5 Å². The van der Waals surface area contributed by atoms with Crippen LogP contribution < -0.4 is 19.4 Å². The molecule has 0 fully saturated rings. The summed E-state index contributed by atoms with van der Waals surface area (Å²) in [4.78, 5) is 20.6. The Bertz CT molecular complexity index is 1400. The number of H-pyrrole nitrogens is 2. The number of unbranched alkanes of at least 4 members (excludes halogenated alkanes) is 24. The molecule has 61 heavy (non-hydrogen) atoms. The fraction of sp³-hybridized carbons (Fsp3) is 0.630. The molecule has 0 bridgehead atoms. The van der Waals surface area contributed by atoms with E-state index in [1.54, 1.807) is 0 Å². The first-order valence-corrected chi connectivity index (χ1v) is 26.5. The monoisotopic (exact) mass is 859 g/mol. The maximum atomic E-state index is 14.4. The molecule has 340 valence electrons. The largest absolute Gasteiger partial charge is 0.598 e. The summed E-state index contributed by atoms with van der Waals surface area (Å²) in [5, 5.41) is 0. The molecule has 0 unspecified atom stereocenters. The molecule has 0 aliphatic heterocycles. The topological polar surface area (TPSA) is 79.0 Å². The van der Waals surface area contributed by atoms with Crippen LogP contribution in [0.3, 0.4) is 0 Å². The van der Waals surface area contributed by atoms with Crippen LogP contribution in [0.2, 0.25) is 0 Å². The highest BCUT2D eigenvalue weighted by atomic mass is 31.2. The minimum Gasteiger partial charge on any atom is -0.598 e. The van der Waals surface area contributed by atoms with Crippen molar-refractivity contribution in [2.75, 3.05) is 13.2 Å². The zero-order valence-electron chi connectivity index (χ0n) is 38.9. The molecule has 3 aromatic rings. The fourth-order valence-electron chi connectivity index (χ4n) is 7.81. The first kappa shape index (κ1) is 52.5. The van der Waals surface area contributed by atoms with Gasteiger partial charge < -0.3 is 4.89 Å². The number of pyridine rings is 2. The van der Waals surface area contributed by atoms with Crippen molar-refractivity contribution >= 4 is 8.17 Å². The summed E-state index contributed by atoms with van der Waals surface area (Å²) in [6.45, 7) is 5.28. The van der Waals surface area contributed by atoms with Crippen LogP contribution in [0.15, 0.2) is 91.6 Å². The Labute approximate surface area is 374 Å². The first-order chi connectivity index (χ1) is 30.1. The standard InChI is InChI=1S/C54H85N2O4P/c1-3-5-7-9-11-13-15-17-19-21-23-25-27-29-31-33-43-58-61(57,59-44-34-32-30-28-26-24-22-20-18-16-14-12-10-8-6-4-2)60-54-48-52(45-50-35-39-55-40-36-50)47-53(49-54)46-51-37-41-56-42-38-51/h17-20,35-42,47-49H,3-16,21-34,43-46H2,1-2H3/p+2/b19-17-,20-18-. The predicted octanol–water partition coefficient (Wildman–Crippen LogP) is 15.0. The van der Waals surface area contributed by atoms with Crippen molar-refractivity contribution in [3.63, 3.8) is 0 Å². The second-order valence-electron chi connectivity index (χ2n) is 17.2. The van der Waals surface area contributed by atoms with Crippen molar-refractivity contribution in [3.8, 4) is 5.75 Å². The van der Waals surface area contributed by atoms with E-state index in [1.807, 2.05) is 36.9 Å². The van der Waals surface area contributed by atoms with Gasteiger partial charge in [-0.05, 0) is 111 Å². The average molecular weight is 859 g/mol. The third-order valence-corrected chi connectivity index (χ3v) is 12.9. The number of phosphoric ester groups is 1. The van der Waals surface area contributed by atoms with Crippen molar-refractivity contribution in [3.05, 3.63) is 114 Å². The average Bonchev–Trinajstić information content (AvgIpc) is 3.26. The van der Waals surface area contributed by atoms with Crippen LogP contribution in [0, 0.1) is 0 Å². The molecule has 2 N–H and O–H groups in total. The lowest BCUT2D eigenvalue weighted by Crippen LogP contribution is -2.22. The van der Waals surface area contributed by atoms with Gasteiger partial charge in [0, 0.05) is 24.3 Å². The van der Waals surface area contributed by atoms with E-state index in [2.05, 4.69) is 78.5 Å². The molecule has 0 radical (unpaired) electrons. The lowest BCUT2D eigenvalue weighted by molar-refractivity contribution is -0.378. The summed E-state index contributed by atoms with van der Waals surface area (Å²) >= 11 is 0. The number of benzene rings is 1. The molecule has 2 aromatic heterocycles. The molecule has 0 aliphatic rings. The second-order valence-corrected chi connectivity index (χ2v) is 18.8. The molecule has 1 aromatic carbocycles. The van der Waals surface area contributed by atoms with Gasteiger partial charge in [0.2, 0.25) is 0 Å². The summed E-state index contributed by atoms with van der Waals surface area (Å²) in [6.07, 6.45) is 53.5. The molecule has 0 spiro atoms. The summed E-state index contributed by atoms with van der Waals surface area (Å²) in [5.74, 6) is 0.530. The normalized spacial score (nSPS) is 12.0. The summed E-state index contributed by atoms with van der Waals surface area (Å²) in [5.41, 5.74) is 4.56. The number of hydrogen-bond donors (Lipinski definition) is 0. The van der Waals surface area contributed by atoms with E-state index in [1.165, 1.54) is 152 Å². The third-order valence-electron chi connectivity index (χ3n) is 11.4. The maximum absolute atomic E-state index is 14.4. The highest BCUT2D eigenvalue weighted by Gasteiger charge is 2.35. The van der Waals surface area contributed by atoms with Crippen LogP contribution in [-0.2, 0) is 21.9 Å². The number of aromatic amines is 2. The number of hydrogen-bond acceptors (Lipinski definition) is 4. The van der Waals surface area contributed by atoms with E-state index in [4.69, 9.17) is 13.6 Å². The molecule has 0 saturated carbocycles. The Morgan fingerprint density at radius 2 is 0.754 bits per heavy atom. The van der Waals surface area contributed by atoms with Gasteiger partial charge in [-0.3, -0.25) is 4.52 Å². The van der Waals surface area contributed by atoms with Crippen molar-refractivity contribution < 1.29 is 28.4 Å². The van der Waals surface area contributed by atoms with Crippen molar-refractivity contribution in [2.45, 2.75) is 206 Å². The van der Waals surface area contributed by atoms with Crippen LogP contribution >= 0.6 is 8.17 Å². The molecule has 0 aliphatic carbocycles. The highest BCUT2D eigenvalue weighted by Crippen LogP contribution is 2.54. The highest BCUT2D eigenvalue weighted by molar-refractivity contribution is 7.54. The lowest BCUT2D eigenvalue weighted by Gasteiger charge is -2.25. The van der Waals surface area contributed by atoms with Crippen LogP contribution in [0.5, 0.6) is 5.75 Å².